The number of nitrogens with zero attached hydrogens (tertiary/aromatic N) is 3. The van der Waals surface area contributed by atoms with Crippen molar-refractivity contribution >= 4 is 10.8 Å². The van der Waals surface area contributed by atoms with Crippen molar-refractivity contribution in [3.63, 3.8) is 0 Å². The Morgan fingerprint density at radius 1 is 1.09 bits per heavy atom. The van der Waals surface area contributed by atoms with Gasteiger partial charge in [0.25, 0.3) is 0 Å². The molecule has 1 N–H and O–H groups in total. The summed E-state index contributed by atoms with van der Waals surface area (Å²) >= 11 is 0. The van der Waals surface area contributed by atoms with E-state index in [1.807, 2.05) is 13.1 Å². The first kappa shape index (κ1) is 22.5. The van der Waals surface area contributed by atoms with Gasteiger partial charge in [-0.05, 0) is 62.3 Å². The number of benzene rings is 2. The predicted octanol–water partition coefficient (Wildman–Crippen LogP) is 4.74. The zero-order valence-corrected chi connectivity index (χ0v) is 18.5. The Hall–Kier alpha value is -2.71. The van der Waals surface area contributed by atoms with Crippen LogP contribution in [0.15, 0.2) is 42.6 Å². The number of alkyl halides is 3. The minimum absolute atomic E-state index is 0.161. The number of likely N-dealkylation sites (tertiary alicyclic amines) is 1. The van der Waals surface area contributed by atoms with E-state index in [4.69, 9.17) is 0 Å². The Bertz CT molecular complexity index is 1090. The van der Waals surface area contributed by atoms with Gasteiger partial charge in [0.1, 0.15) is 5.75 Å². The average Bonchev–Trinajstić information content (AvgIpc) is 3.27. The third-order valence-electron chi connectivity index (χ3n) is 6.11. The van der Waals surface area contributed by atoms with E-state index in [-0.39, 0.29) is 11.6 Å². The Kier molecular flexibility index (Phi) is 6.09. The fourth-order valence-electron chi connectivity index (χ4n) is 4.51. The van der Waals surface area contributed by atoms with E-state index in [2.05, 4.69) is 40.8 Å². The summed E-state index contributed by atoms with van der Waals surface area (Å²) in [6.45, 7) is 5.32. The van der Waals surface area contributed by atoms with Gasteiger partial charge in [-0.3, -0.25) is 4.90 Å². The number of halogens is 3. The first-order chi connectivity index (χ1) is 15.1. The summed E-state index contributed by atoms with van der Waals surface area (Å²) in [7, 11) is 4.24. The number of aryl methyl sites for hydroxylation is 1. The van der Waals surface area contributed by atoms with E-state index in [9.17, 15) is 18.3 Å². The number of ether oxygens (including phenoxy) is 1. The number of aromatic nitrogens is 1. The second-order valence-electron chi connectivity index (χ2n) is 8.79. The maximum Gasteiger partial charge on any atom is 0.573 e. The summed E-state index contributed by atoms with van der Waals surface area (Å²) in [6, 6.07) is 10.5. The van der Waals surface area contributed by atoms with Crippen LogP contribution in [0.1, 0.15) is 23.1 Å². The summed E-state index contributed by atoms with van der Waals surface area (Å²) in [4.78, 5) is 4.72. The Balaban J connectivity index is 1.51. The molecule has 1 fully saturated rings. The van der Waals surface area contributed by atoms with E-state index in [1.165, 1.54) is 17.7 Å². The van der Waals surface area contributed by atoms with Gasteiger partial charge in [0.15, 0.2) is 5.88 Å². The lowest BCUT2D eigenvalue weighted by molar-refractivity contribution is -0.274. The van der Waals surface area contributed by atoms with Crippen molar-refractivity contribution in [2.45, 2.75) is 38.8 Å². The molecule has 1 atom stereocenters. The molecule has 2 heterocycles. The van der Waals surface area contributed by atoms with E-state index >= 15 is 0 Å². The van der Waals surface area contributed by atoms with Crippen LogP contribution in [0.3, 0.4) is 0 Å². The number of likely N-dealkylation sites (N-methyl/N-ethyl adjacent to an activating group) is 1. The standard InChI is InChI=1S/C24H28F3N3O2/c1-16-10-18(12-29-9-8-20(15-29)28(2)3)11-19-14-30(23(31)22(16)19)13-17-4-6-21(7-5-17)32-24(25,26)27/h4-7,10-11,14,20,31H,8-9,12-13,15H2,1-3H3. The van der Waals surface area contributed by atoms with E-state index in [1.54, 1.807) is 16.7 Å². The van der Waals surface area contributed by atoms with Crippen molar-refractivity contribution in [3.05, 3.63) is 59.3 Å². The molecule has 2 aromatic carbocycles. The molecule has 172 valence electrons. The lowest BCUT2D eigenvalue weighted by atomic mass is 10.1. The molecule has 0 bridgehead atoms. The lowest BCUT2D eigenvalue weighted by Gasteiger charge is -2.20. The number of hydrogen-bond acceptors (Lipinski definition) is 4. The minimum atomic E-state index is -4.71. The fourth-order valence-corrected chi connectivity index (χ4v) is 4.51. The highest BCUT2D eigenvalue weighted by molar-refractivity contribution is 5.91. The number of fused-ring (bicyclic) bond motifs is 1. The largest absolute Gasteiger partial charge is 0.573 e. The Morgan fingerprint density at radius 2 is 1.81 bits per heavy atom. The zero-order valence-electron chi connectivity index (χ0n) is 18.5. The maximum absolute atomic E-state index is 12.3. The van der Waals surface area contributed by atoms with Crippen molar-refractivity contribution < 1.29 is 23.0 Å². The molecule has 3 aromatic rings. The van der Waals surface area contributed by atoms with Crippen molar-refractivity contribution in [2.75, 3.05) is 27.2 Å². The quantitative estimate of drug-likeness (QED) is 0.593. The van der Waals surface area contributed by atoms with E-state index in [0.29, 0.717) is 12.6 Å². The molecule has 1 unspecified atom stereocenters. The van der Waals surface area contributed by atoms with Crippen LogP contribution in [0.25, 0.3) is 10.8 Å². The molecule has 32 heavy (non-hydrogen) atoms. The SMILES string of the molecule is Cc1cc(CN2CCC(N(C)C)C2)cc2cn(Cc3ccc(OC(F)(F)F)cc3)c(O)c12. The van der Waals surface area contributed by atoms with Crippen molar-refractivity contribution in [1.29, 1.82) is 0 Å². The first-order valence-corrected chi connectivity index (χ1v) is 10.6. The first-order valence-electron chi connectivity index (χ1n) is 10.6. The van der Waals surface area contributed by atoms with Crippen LogP contribution in [0.4, 0.5) is 13.2 Å². The molecule has 0 spiro atoms. The van der Waals surface area contributed by atoms with E-state index in [0.717, 1.165) is 48.0 Å². The van der Waals surface area contributed by atoms with Crippen LogP contribution in [-0.2, 0) is 13.1 Å². The van der Waals surface area contributed by atoms with Crippen LogP contribution in [0, 0.1) is 6.92 Å². The minimum Gasteiger partial charge on any atom is -0.494 e. The molecule has 1 aliphatic heterocycles. The molecule has 5 nitrogen and oxygen atoms in total. The highest BCUT2D eigenvalue weighted by Gasteiger charge is 2.31. The average molecular weight is 448 g/mol. The normalized spacial score (nSPS) is 17.5. The van der Waals surface area contributed by atoms with Gasteiger partial charge in [-0.1, -0.05) is 18.2 Å². The molecule has 0 radical (unpaired) electrons. The smallest absolute Gasteiger partial charge is 0.494 e. The predicted molar refractivity (Wildman–Crippen MR) is 118 cm³/mol. The molecular formula is C24H28F3N3O2. The third-order valence-corrected chi connectivity index (χ3v) is 6.11. The molecule has 1 aromatic heterocycles. The van der Waals surface area contributed by atoms with Gasteiger partial charge in [0.05, 0.1) is 6.54 Å². The van der Waals surface area contributed by atoms with Crippen LogP contribution >= 0.6 is 0 Å². The summed E-state index contributed by atoms with van der Waals surface area (Å²) in [5.74, 6) is -0.101. The molecule has 0 aliphatic carbocycles. The summed E-state index contributed by atoms with van der Waals surface area (Å²) in [6.07, 6.45) is -1.65. The van der Waals surface area contributed by atoms with Gasteiger partial charge in [0.2, 0.25) is 0 Å². The monoisotopic (exact) mass is 447 g/mol. The molecule has 1 aliphatic rings. The third kappa shape index (κ3) is 5.02. The molecule has 0 amide bonds. The Morgan fingerprint density at radius 3 is 2.44 bits per heavy atom. The van der Waals surface area contributed by atoms with Crippen molar-refractivity contribution in [1.82, 2.24) is 14.4 Å². The van der Waals surface area contributed by atoms with Crippen LogP contribution in [0.5, 0.6) is 11.6 Å². The van der Waals surface area contributed by atoms with Gasteiger partial charge in [-0.15, -0.1) is 13.2 Å². The molecular weight excluding hydrogens is 419 g/mol. The van der Waals surface area contributed by atoms with Crippen LogP contribution in [0.2, 0.25) is 0 Å². The van der Waals surface area contributed by atoms with Gasteiger partial charge in [-0.2, -0.15) is 0 Å². The topological polar surface area (TPSA) is 40.9 Å². The fraction of sp³-hybridized carbons (Fsp3) is 0.417. The van der Waals surface area contributed by atoms with Crippen molar-refractivity contribution in [2.24, 2.45) is 0 Å². The lowest BCUT2D eigenvalue weighted by Crippen LogP contribution is -2.31. The summed E-state index contributed by atoms with van der Waals surface area (Å²) < 4.78 is 42.7. The summed E-state index contributed by atoms with van der Waals surface area (Å²) in [5.41, 5.74) is 2.98. The molecule has 1 saturated heterocycles. The molecule has 4 rings (SSSR count). The van der Waals surface area contributed by atoms with E-state index < -0.39 is 6.36 Å². The number of hydrogen-bond donors (Lipinski definition) is 1. The maximum atomic E-state index is 12.3. The highest BCUT2D eigenvalue weighted by Crippen LogP contribution is 2.33. The number of rotatable bonds is 6. The molecule has 0 saturated carbocycles. The van der Waals surface area contributed by atoms with Gasteiger partial charge < -0.3 is 19.3 Å². The second-order valence-corrected chi connectivity index (χ2v) is 8.79. The van der Waals surface area contributed by atoms with Crippen molar-refractivity contribution in [3.8, 4) is 11.6 Å². The highest BCUT2D eigenvalue weighted by atomic mass is 19.4. The van der Waals surface area contributed by atoms with Crippen LogP contribution in [-0.4, -0.2) is 59.1 Å². The number of aromatic hydroxyl groups is 1. The van der Waals surface area contributed by atoms with Gasteiger partial charge in [-0.25, -0.2) is 0 Å². The van der Waals surface area contributed by atoms with Crippen LogP contribution < -0.4 is 4.74 Å². The van der Waals surface area contributed by atoms with Gasteiger partial charge >= 0.3 is 6.36 Å². The molecule has 8 heteroatoms. The second kappa shape index (κ2) is 8.67. The Labute approximate surface area is 185 Å². The summed E-state index contributed by atoms with van der Waals surface area (Å²) in [5, 5.41) is 12.5. The zero-order chi connectivity index (χ0) is 23.0. The van der Waals surface area contributed by atoms with Gasteiger partial charge in [0, 0.05) is 42.6 Å².